The van der Waals surface area contributed by atoms with Crippen LogP contribution in [0.1, 0.15) is 17.3 Å². The molecule has 0 aliphatic heterocycles. The monoisotopic (exact) mass is 235 g/mol. The van der Waals surface area contributed by atoms with E-state index in [9.17, 15) is 4.79 Å². The second-order valence-electron chi connectivity index (χ2n) is 3.43. The lowest BCUT2D eigenvalue weighted by atomic mass is 10.1. The fraction of sp³-hybridized carbons (Fsp3) is 0.0909. The molecule has 2 rings (SSSR count). The van der Waals surface area contributed by atoms with Crippen LogP contribution in [0.25, 0.3) is 5.69 Å². The lowest BCUT2D eigenvalue weighted by molar-refractivity contribution is 0.101. The Labute approximate surface area is 97.6 Å². The summed E-state index contributed by atoms with van der Waals surface area (Å²) >= 11 is 5.76. The normalized spacial score (nSPS) is 10.4. The Hall–Kier alpha value is -1.81. The molecule has 1 heterocycles. The van der Waals surface area contributed by atoms with Crippen molar-refractivity contribution in [1.29, 1.82) is 0 Å². The number of carbonyl (C=O) groups excluding carboxylic acids is 1. The number of ketones is 1. The van der Waals surface area contributed by atoms with Crippen LogP contribution in [0.4, 0.5) is 5.69 Å². The predicted octanol–water partition coefficient (Wildman–Crippen LogP) is 2.31. The third-order valence-electron chi connectivity index (χ3n) is 2.23. The first-order chi connectivity index (χ1) is 7.58. The second-order valence-corrected chi connectivity index (χ2v) is 3.87. The largest absolute Gasteiger partial charge is 0.398 e. The van der Waals surface area contributed by atoms with E-state index in [0.29, 0.717) is 16.3 Å². The van der Waals surface area contributed by atoms with Gasteiger partial charge >= 0.3 is 0 Å². The minimum atomic E-state index is -0.0532. The van der Waals surface area contributed by atoms with Gasteiger partial charge in [0.2, 0.25) is 0 Å². The summed E-state index contributed by atoms with van der Waals surface area (Å²) in [5, 5.41) is 4.60. The summed E-state index contributed by atoms with van der Waals surface area (Å²) in [5.74, 6) is -0.0532. The summed E-state index contributed by atoms with van der Waals surface area (Å²) in [4.78, 5) is 11.2. The Kier molecular flexibility index (Phi) is 2.66. The highest BCUT2D eigenvalue weighted by Crippen LogP contribution is 2.18. The molecule has 0 atom stereocenters. The van der Waals surface area contributed by atoms with Crippen molar-refractivity contribution >= 4 is 23.1 Å². The van der Waals surface area contributed by atoms with E-state index in [4.69, 9.17) is 17.3 Å². The van der Waals surface area contributed by atoms with Crippen LogP contribution in [0.2, 0.25) is 5.02 Å². The predicted molar refractivity (Wildman–Crippen MR) is 63.0 cm³/mol. The Morgan fingerprint density at radius 2 is 2.25 bits per heavy atom. The van der Waals surface area contributed by atoms with E-state index < -0.39 is 0 Å². The van der Waals surface area contributed by atoms with Crippen molar-refractivity contribution in [2.75, 3.05) is 5.73 Å². The first-order valence-corrected chi connectivity index (χ1v) is 5.07. The van der Waals surface area contributed by atoms with Gasteiger partial charge in [0.1, 0.15) is 0 Å². The zero-order valence-corrected chi connectivity index (χ0v) is 9.40. The zero-order chi connectivity index (χ0) is 11.7. The first kappa shape index (κ1) is 10.7. The van der Waals surface area contributed by atoms with Crippen LogP contribution < -0.4 is 5.73 Å². The summed E-state index contributed by atoms with van der Waals surface area (Å²) in [6.07, 6.45) is 3.21. The van der Waals surface area contributed by atoms with Crippen LogP contribution in [-0.2, 0) is 0 Å². The summed E-state index contributed by atoms with van der Waals surface area (Å²) in [6.45, 7) is 1.48. The molecule has 0 spiro atoms. The summed E-state index contributed by atoms with van der Waals surface area (Å²) in [5.41, 5.74) is 7.50. The Morgan fingerprint density at radius 1 is 1.50 bits per heavy atom. The number of aromatic nitrogens is 2. The van der Waals surface area contributed by atoms with E-state index in [1.165, 1.54) is 13.1 Å². The van der Waals surface area contributed by atoms with Crippen LogP contribution in [0.15, 0.2) is 30.6 Å². The van der Waals surface area contributed by atoms with Gasteiger partial charge in [-0.2, -0.15) is 5.10 Å². The van der Waals surface area contributed by atoms with Gasteiger partial charge in [0.25, 0.3) is 0 Å². The van der Waals surface area contributed by atoms with Crippen molar-refractivity contribution in [3.05, 3.63) is 41.2 Å². The number of hydrogen-bond acceptors (Lipinski definition) is 3. The highest BCUT2D eigenvalue weighted by atomic mass is 35.5. The van der Waals surface area contributed by atoms with Crippen LogP contribution in [0.3, 0.4) is 0 Å². The average Bonchev–Trinajstić information content (AvgIpc) is 2.64. The van der Waals surface area contributed by atoms with Gasteiger partial charge in [-0.25, -0.2) is 4.68 Å². The van der Waals surface area contributed by atoms with Crippen LogP contribution in [0.5, 0.6) is 0 Å². The van der Waals surface area contributed by atoms with Gasteiger partial charge in [0.05, 0.1) is 16.9 Å². The third-order valence-corrected chi connectivity index (χ3v) is 2.43. The van der Waals surface area contributed by atoms with Crippen molar-refractivity contribution < 1.29 is 4.79 Å². The van der Waals surface area contributed by atoms with Gasteiger partial charge in [-0.1, -0.05) is 11.6 Å². The minimum Gasteiger partial charge on any atom is -0.398 e. The summed E-state index contributed by atoms with van der Waals surface area (Å²) in [7, 11) is 0. The number of hydrogen-bond donors (Lipinski definition) is 1. The molecule has 4 nitrogen and oxygen atoms in total. The topological polar surface area (TPSA) is 60.9 Å². The van der Waals surface area contributed by atoms with Gasteiger partial charge < -0.3 is 5.73 Å². The Morgan fingerprint density at radius 3 is 2.75 bits per heavy atom. The number of Topliss-reactive ketones (excluding diaryl/α,β-unsaturated/α-hetero) is 1. The Bertz CT molecular complexity index is 548. The molecule has 0 amide bonds. The van der Waals surface area contributed by atoms with E-state index in [2.05, 4.69) is 5.10 Å². The molecule has 2 aromatic rings. The van der Waals surface area contributed by atoms with Gasteiger partial charge in [-0.3, -0.25) is 4.79 Å². The van der Waals surface area contributed by atoms with Gasteiger partial charge in [0, 0.05) is 17.4 Å². The first-order valence-electron chi connectivity index (χ1n) is 4.69. The van der Waals surface area contributed by atoms with Crippen LogP contribution >= 0.6 is 11.6 Å². The number of nitrogens with two attached hydrogens (primary N) is 1. The van der Waals surface area contributed by atoms with E-state index in [1.54, 1.807) is 29.1 Å². The van der Waals surface area contributed by atoms with Crippen LogP contribution in [0, 0.1) is 0 Å². The molecular formula is C11H10ClN3O. The Balaban J connectivity index is 2.45. The number of anilines is 1. The van der Waals surface area contributed by atoms with Crippen molar-refractivity contribution in [2.24, 2.45) is 0 Å². The number of carbonyl (C=O) groups is 1. The fourth-order valence-corrected chi connectivity index (χ4v) is 1.59. The van der Waals surface area contributed by atoms with E-state index in [0.717, 1.165) is 5.69 Å². The maximum absolute atomic E-state index is 11.2. The molecular weight excluding hydrogens is 226 g/mol. The molecule has 0 aliphatic rings. The van der Waals surface area contributed by atoms with E-state index in [-0.39, 0.29) is 5.78 Å². The fourth-order valence-electron chi connectivity index (χ4n) is 1.46. The number of nitrogen functional groups attached to an aromatic ring is 1. The molecule has 0 aliphatic carbocycles. The van der Waals surface area contributed by atoms with Gasteiger partial charge in [0.15, 0.2) is 5.78 Å². The molecule has 0 saturated carbocycles. The molecule has 2 N–H and O–H groups in total. The van der Waals surface area contributed by atoms with E-state index >= 15 is 0 Å². The highest BCUT2D eigenvalue weighted by molar-refractivity contribution is 6.30. The third kappa shape index (κ3) is 1.92. The zero-order valence-electron chi connectivity index (χ0n) is 8.64. The quantitative estimate of drug-likeness (QED) is 0.642. The molecule has 0 radical (unpaired) electrons. The molecule has 16 heavy (non-hydrogen) atoms. The number of halogens is 1. The lowest BCUT2D eigenvalue weighted by Crippen LogP contribution is -2.02. The lowest BCUT2D eigenvalue weighted by Gasteiger charge is -2.05. The smallest absolute Gasteiger partial charge is 0.161 e. The summed E-state index contributed by atoms with van der Waals surface area (Å²) < 4.78 is 1.60. The standard InChI is InChI=1S/C11H10ClN3O/c1-7(16)10-3-2-9(4-11(10)13)15-6-8(12)5-14-15/h2-6H,13H2,1H3. The van der Waals surface area contributed by atoms with Crippen molar-refractivity contribution in [3.8, 4) is 5.69 Å². The van der Waals surface area contributed by atoms with Crippen molar-refractivity contribution in [3.63, 3.8) is 0 Å². The van der Waals surface area contributed by atoms with Crippen molar-refractivity contribution in [1.82, 2.24) is 9.78 Å². The number of nitrogens with zero attached hydrogens (tertiary/aromatic N) is 2. The molecule has 5 heteroatoms. The minimum absolute atomic E-state index is 0.0532. The highest BCUT2D eigenvalue weighted by Gasteiger charge is 2.06. The summed E-state index contributed by atoms with van der Waals surface area (Å²) in [6, 6.07) is 5.15. The maximum atomic E-state index is 11.2. The molecule has 0 fully saturated rings. The number of benzene rings is 1. The van der Waals surface area contributed by atoms with E-state index in [1.807, 2.05) is 0 Å². The molecule has 1 aromatic carbocycles. The molecule has 82 valence electrons. The molecule has 0 unspecified atom stereocenters. The van der Waals surface area contributed by atoms with Gasteiger partial charge in [-0.15, -0.1) is 0 Å². The molecule has 0 bridgehead atoms. The van der Waals surface area contributed by atoms with Gasteiger partial charge in [-0.05, 0) is 25.1 Å². The number of rotatable bonds is 2. The molecule has 1 aromatic heterocycles. The van der Waals surface area contributed by atoms with Crippen LogP contribution in [-0.4, -0.2) is 15.6 Å². The maximum Gasteiger partial charge on any atom is 0.161 e. The van der Waals surface area contributed by atoms with Crippen molar-refractivity contribution in [2.45, 2.75) is 6.92 Å². The average molecular weight is 236 g/mol. The second kappa shape index (κ2) is 3.98. The SMILES string of the molecule is CC(=O)c1ccc(-n2cc(Cl)cn2)cc1N. The molecule has 0 saturated heterocycles.